The molecule has 0 saturated heterocycles. The zero-order chi connectivity index (χ0) is 18.0. The predicted octanol–water partition coefficient (Wildman–Crippen LogP) is 2.36. The molecule has 0 saturated carbocycles. The quantitative estimate of drug-likeness (QED) is 0.751. The summed E-state index contributed by atoms with van der Waals surface area (Å²) in [4.78, 5) is 25.2. The van der Waals surface area contributed by atoms with Gasteiger partial charge in [0, 0.05) is 5.92 Å². The number of carbonyl (C=O) groups excluding carboxylic acids is 1. The molecular formula is C16H18N6O2S. The number of hydrogen-bond donors (Lipinski definition) is 1. The molecule has 0 aliphatic carbocycles. The number of nitrogens with one attached hydrogen (secondary N) is 1. The monoisotopic (exact) mass is 358 g/mol. The van der Waals surface area contributed by atoms with Crippen molar-refractivity contribution in [2.24, 2.45) is 0 Å². The largest absolute Gasteiger partial charge is 0.299 e. The first-order chi connectivity index (χ1) is 12.0. The van der Waals surface area contributed by atoms with Crippen LogP contribution in [0, 0.1) is 0 Å². The minimum absolute atomic E-state index is 0.235. The van der Waals surface area contributed by atoms with E-state index in [1.54, 1.807) is 24.3 Å². The fourth-order valence-corrected chi connectivity index (χ4v) is 3.13. The second-order valence-electron chi connectivity index (χ2n) is 5.87. The lowest BCUT2D eigenvalue weighted by molar-refractivity contribution is -0.119. The molecule has 0 unspecified atom stereocenters. The highest BCUT2D eigenvalue weighted by Gasteiger charge is 2.23. The van der Waals surface area contributed by atoms with Gasteiger partial charge in [0.15, 0.2) is 0 Å². The fraction of sp³-hybridized carbons (Fsp3) is 0.375. The van der Waals surface area contributed by atoms with Crippen molar-refractivity contribution in [3.8, 4) is 0 Å². The summed E-state index contributed by atoms with van der Waals surface area (Å²) in [7, 11) is 0. The van der Waals surface area contributed by atoms with E-state index >= 15 is 0 Å². The molecule has 0 fully saturated rings. The van der Waals surface area contributed by atoms with Gasteiger partial charge in [0.25, 0.3) is 11.5 Å². The molecule has 9 heteroatoms. The van der Waals surface area contributed by atoms with Crippen molar-refractivity contribution in [3.05, 3.63) is 39.6 Å². The number of nitrogens with zero attached hydrogens (tertiary/aromatic N) is 5. The van der Waals surface area contributed by atoms with Crippen molar-refractivity contribution in [2.45, 2.75) is 39.2 Å². The topological polar surface area (TPSA) is 103 Å². The molecule has 1 N–H and O–H groups in total. The second kappa shape index (κ2) is 7.06. The number of rotatable bonds is 5. The van der Waals surface area contributed by atoms with Crippen LogP contribution in [-0.2, 0) is 4.79 Å². The highest BCUT2D eigenvalue weighted by atomic mass is 32.1. The standard InChI is InChI=1S/C16H18N6O2S/c1-4-12(13(23)17-16-20-19-14(25-16)9(2)3)22-15(24)10-7-5-6-8-11(10)18-21-22/h5-9,12H,4H2,1-3H3,(H,17,20,23)/t12-/m1/s1. The van der Waals surface area contributed by atoms with Crippen LogP contribution in [0.3, 0.4) is 0 Å². The maximum absolute atomic E-state index is 12.6. The third kappa shape index (κ3) is 3.41. The third-order valence-corrected chi connectivity index (χ3v) is 4.88. The summed E-state index contributed by atoms with van der Waals surface area (Å²) in [5.74, 6) is -0.125. The van der Waals surface area contributed by atoms with E-state index in [1.807, 2.05) is 20.8 Å². The molecule has 0 aliphatic heterocycles. The molecule has 130 valence electrons. The molecule has 8 nitrogen and oxygen atoms in total. The van der Waals surface area contributed by atoms with E-state index in [0.717, 1.165) is 9.69 Å². The maximum atomic E-state index is 12.6. The number of aromatic nitrogens is 5. The van der Waals surface area contributed by atoms with Gasteiger partial charge in [0.05, 0.1) is 5.39 Å². The summed E-state index contributed by atoms with van der Waals surface area (Å²) in [5.41, 5.74) is 0.164. The van der Waals surface area contributed by atoms with E-state index < -0.39 is 6.04 Å². The molecular weight excluding hydrogens is 340 g/mol. The fourth-order valence-electron chi connectivity index (χ4n) is 2.38. The van der Waals surface area contributed by atoms with Crippen molar-refractivity contribution in [1.82, 2.24) is 25.2 Å². The zero-order valence-corrected chi connectivity index (χ0v) is 14.9. The maximum Gasteiger partial charge on any atom is 0.278 e. The molecule has 2 aromatic heterocycles. The van der Waals surface area contributed by atoms with Crippen molar-refractivity contribution < 1.29 is 4.79 Å². The molecule has 1 atom stereocenters. The average Bonchev–Trinajstić information content (AvgIpc) is 3.06. The van der Waals surface area contributed by atoms with Crippen LogP contribution in [0.25, 0.3) is 10.9 Å². The third-order valence-electron chi connectivity index (χ3n) is 3.74. The highest BCUT2D eigenvalue weighted by molar-refractivity contribution is 7.15. The average molecular weight is 358 g/mol. The molecule has 25 heavy (non-hydrogen) atoms. The van der Waals surface area contributed by atoms with Gasteiger partial charge in [-0.05, 0) is 18.6 Å². The molecule has 0 aliphatic rings. The molecule has 0 bridgehead atoms. The molecule has 0 spiro atoms. The first kappa shape index (κ1) is 17.2. The van der Waals surface area contributed by atoms with Gasteiger partial charge < -0.3 is 0 Å². The van der Waals surface area contributed by atoms with Crippen LogP contribution in [0.5, 0.6) is 0 Å². The lowest BCUT2D eigenvalue weighted by Crippen LogP contribution is -2.35. The molecule has 0 radical (unpaired) electrons. The predicted molar refractivity (Wildman–Crippen MR) is 95.8 cm³/mol. The Kier molecular flexibility index (Phi) is 4.84. The van der Waals surface area contributed by atoms with E-state index in [2.05, 4.69) is 25.8 Å². The molecule has 3 aromatic rings. The van der Waals surface area contributed by atoms with E-state index in [4.69, 9.17) is 0 Å². The van der Waals surface area contributed by atoms with Crippen molar-refractivity contribution in [2.75, 3.05) is 5.32 Å². The number of hydrogen-bond acceptors (Lipinski definition) is 7. The van der Waals surface area contributed by atoms with Crippen LogP contribution in [0.4, 0.5) is 5.13 Å². The number of fused-ring (bicyclic) bond motifs is 1. The Labute approximate surface area is 147 Å². The molecule has 3 rings (SSSR count). The summed E-state index contributed by atoms with van der Waals surface area (Å²) in [6, 6.07) is 6.16. The van der Waals surface area contributed by atoms with Gasteiger partial charge >= 0.3 is 0 Å². The normalized spacial score (nSPS) is 12.5. The highest BCUT2D eigenvalue weighted by Crippen LogP contribution is 2.23. The van der Waals surface area contributed by atoms with Gasteiger partial charge in [-0.15, -0.1) is 15.3 Å². The van der Waals surface area contributed by atoms with Gasteiger partial charge in [0.2, 0.25) is 5.13 Å². The van der Waals surface area contributed by atoms with E-state index in [9.17, 15) is 9.59 Å². The summed E-state index contributed by atoms with van der Waals surface area (Å²) in [6.45, 7) is 5.82. The Morgan fingerprint density at radius 2 is 2.00 bits per heavy atom. The second-order valence-corrected chi connectivity index (χ2v) is 6.88. The summed E-state index contributed by atoms with van der Waals surface area (Å²) in [6.07, 6.45) is 0.397. The summed E-state index contributed by atoms with van der Waals surface area (Å²) < 4.78 is 1.13. The van der Waals surface area contributed by atoms with E-state index in [-0.39, 0.29) is 17.4 Å². The number of carbonyl (C=O) groups is 1. The van der Waals surface area contributed by atoms with E-state index in [1.165, 1.54) is 11.3 Å². The van der Waals surface area contributed by atoms with Crippen LogP contribution in [0.15, 0.2) is 29.1 Å². The Morgan fingerprint density at radius 1 is 1.24 bits per heavy atom. The van der Waals surface area contributed by atoms with Crippen LogP contribution < -0.4 is 10.9 Å². The van der Waals surface area contributed by atoms with Gasteiger partial charge in [-0.25, -0.2) is 0 Å². The zero-order valence-electron chi connectivity index (χ0n) is 14.1. The number of amides is 1. The van der Waals surface area contributed by atoms with Gasteiger partial charge in [-0.3, -0.25) is 14.9 Å². The van der Waals surface area contributed by atoms with Crippen LogP contribution in [-0.4, -0.2) is 31.1 Å². The minimum Gasteiger partial charge on any atom is -0.299 e. The van der Waals surface area contributed by atoms with Crippen LogP contribution in [0.2, 0.25) is 0 Å². The summed E-state index contributed by atoms with van der Waals surface area (Å²) in [5, 5.41) is 20.4. The Bertz CT molecular complexity index is 964. The molecule has 1 aromatic carbocycles. The van der Waals surface area contributed by atoms with Crippen LogP contribution >= 0.6 is 11.3 Å². The smallest absolute Gasteiger partial charge is 0.278 e. The van der Waals surface area contributed by atoms with Gasteiger partial charge in [0.1, 0.15) is 16.6 Å². The first-order valence-electron chi connectivity index (χ1n) is 7.99. The summed E-state index contributed by atoms with van der Waals surface area (Å²) >= 11 is 1.32. The molecule has 1 amide bonds. The van der Waals surface area contributed by atoms with E-state index in [0.29, 0.717) is 22.5 Å². The van der Waals surface area contributed by atoms with Gasteiger partial charge in [-0.2, -0.15) is 4.68 Å². The lowest BCUT2D eigenvalue weighted by Gasteiger charge is -2.15. The Hall–Kier alpha value is -2.68. The Morgan fingerprint density at radius 3 is 2.68 bits per heavy atom. The van der Waals surface area contributed by atoms with Crippen molar-refractivity contribution in [1.29, 1.82) is 0 Å². The van der Waals surface area contributed by atoms with Crippen LogP contribution in [0.1, 0.15) is 44.2 Å². The van der Waals surface area contributed by atoms with Gasteiger partial charge in [-0.1, -0.05) is 49.5 Å². The number of benzene rings is 1. The molecule has 2 heterocycles. The van der Waals surface area contributed by atoms with Crippen molar-refractivity contribution in [3.63, 3.8) is 0 Å². The lowest BCUT2D eigenvalue weighted by atomic mass is 10.2. The number of anilines is 1. The minimum atomic E-state index is -0.768. The van der Waals surface area contributed by atoms with Crippen molar-refractivity contribution >= 4 is 33.3 Å². The Balaban J connectivity index is 1.90. The first-order valence-corrected chi connectivity index (χ1v) is 8.81. The SMILES string of the molecule is CC[C@H](C(=O)Nc1nnc(C(C)C)s1)n1nnc2ccccc2c1=O.